The first-order chi connectivity index (χ1) is 22.2. The number of nitrogens with zero attached hydrogens (tertiary/aromatic N) is 2. The number of hydrogen-bond acceptors (Lipinski definition) is 6. The standard InChI is InChI=1S/C35H42ClN3O6S2/c1-6-31-26(5)39(17-8-18-45-28-19-24(3)34(36)25(4)20-28)33-15-10-27(21-32(31)33)35(40)37-46(41,42)29-11-13-30(14-12-29)47(43,44)38-16-7-9-23(2)22-38/h10-15,19-21,23H,6-9,16-18,22H2,1-5H3,(H,37,40). The second-order valence-electron chi connectivity index (χ2n) is 12.4. The molecule has 0 saturated carbocycles. The largest absolute Gasteiger partial charge is 0.494 e. The number of carbonyl (C=O) groups is 1. The summed E-state index contributed by atoms with van der Waals surface area (Å²) in [5, 5.41) is 1.63. The number of hydrogen-bond donors (Lipinski definition) is 1. The van der Waals surface area contributed by atoms with Crippen molar-refractivity contribution in [2.45, 2.75) is 76.6 Å². The minimum atomic E-state index is -4.26. The van der Waals surface area contributed by atoms with Crippen LogP contribution in [0.4, 0.5) is 0 Å². The molecule has 12 heteroatoms. The lowest BCUT2D eigenvalue weighted by Crippen LogP contribution is -2.39. The van der Waals surface area contributed by atoms with E-state index in [1.807, 2.05) is 52.8 Å². The van der Waals surface area contributed by atoms with Gasteiger partial charge >= 0.3 is 0 Å². The zero-order valence-corrected chi connectivity index (χ0v) is 29.9. The van der Waals surface area contributed by atoms with Crippen LogP contribution in [0.15, 0.2) is 64.4 Å². The highest BCUT2D eigenvalue weighted by atomic mass is 35.5. The Morgan fingerprint density at radius 2 is 1.64 bits per heavy atom. The third-order valence-electron chi connectivity index (χ3n) is 8.89. The molecule has 252 valence electrons. The molecule has 9 nitrogen and oxygen atoms in total. The second-order valence-corrected chi connectivity index (χ2v) is 16.4. The number of piperidine rings is 1. The van der Waals surface area contributed by atoms with Crippen LogP contribution in [0.25, 0.3) is 10.9 Å². The van der Waals surface area contributed by atoms with E-state index in [4.69, 9.17) is 16.3 Å². The Morgan fingerprint density at radius 3 is 2.28 bits per heavy atom. The van der Waals surface area contributed by atoms with E-state index in [-0.39, 0.29) is 21.3 Å². The molecule has 2 heterocycles. The number of aromatic nitrogens is 1. The van der Waals surface area contributed by atoms with E-state index in [1.54, 1.807) is 12.1 Å². The van der Waals surface area contributed by atoms with E-state index in [0.717, 1.165) is 69.7 Å². The minimum absolute atomic E-state index is 0.0241. The van der Waals surface area contributed by atoms with Gasteiger partial charge in [-0.3, -0.25) is 4.79 Å². The zero-order valence-electron chi connectivity index (χ0n) is 27.5. The van der Waals surface area contributed by atoms with E-state index in [9.17, 15) is 21.6 Å². The van der Waals surface area contributed by atoms with Crippen LogP contribution in [-0.4, -0.2) is 51.3 Å². The fraction of sp³-hybridized carbons (Fsp3) is 0.400. The number of ether oxygens (including phenoxy) is 1. The number of rotatable bonds is 11. The van der Waals surface area contributed by atoms with Gasteiger partial charge in [0.2, 0.25) is 10.0 Å². The highest BCUT2D eigenvalue weighted by Crippen LogP contribution is 2.30. The SMILES string of the molecule is CCc1c(C)n(CCCOc2cc(C)c(Cl)c(C)c2)c2ccc(C(=O)NS(=O)(=O)c3ccc(S(=O)(=O)N4CCCC(C)C4)cc3)cc12. The summed E-state index contributed by atoms with van der Waals surface area (Å²) >= 11 is 6.28. The van der Waals surface area contributed by atoms with Crippen molar-refractivity contribution in [2.75, 3.05) is 19.7 Å². The van der Waals surface area contributed by atoms with Crippen molar-refractivity contribution in [3.8, 4) is 5.75 Å². The number of amides is 1. The Labute approximate surface area is 283 Å². The van der Waals surface area contributed by atoms with Gasteiger partial charge in [0.15, 0.2) is 0 Å². The quantitative estimate of drug-likeness (QED) is 0.173. The molecule has 1 amide bonds. The lowest BCUT2D eigenvalue weighted by Gasteiger charge is -2.30. The van der Waals surface area contributed by atoms with Gasteiger partial charge in [-0.2, -0.15) is 4.31 Å². The summed E-state index contributed by atoms with van der Waals surface area (Å²) in [6, 6.07) is 14.1. The Balaban J connectivity index is 1.28. The molecule has 0 radical (unpaired) electrons. The van der Waals surface area contributed by atoms with Gasteiger partial charge < -0.3 is 9.30 Å². The molecule has 1 aliphatic heterocycles. The molecule has 0 aliphatic carbocycles. The number of carbonyl (C=O) groups excluding carboxylic acids is 1. The highest BCUT2D eigenvalue weighted by Gasteiger charge is 2.29. The van der Waals surface area contributed by atoms with Crippen molar-refractivity contribution >= 4 is 48.5 Å². The fourth-order valence-corrected chi connectivity index (χ4v) is 9.06. The van der Waals surface area contributed by atoms with E-state index < -0.39 is 26.0 Å². The molecule has 1 aromatic heterocycles. The van der Waals surface area contributed by atoms with Gasteiger partial charge in [-0.25, -0.2) is 21.6 Å². The second kappa shape index (κ2) is 14.0. The van der Waals surface area contributed by atoms with Gasteiger partial charge in [-0.15, -0.1) is 0 Å². The Hall–Kier alpha value is -3.38. The number of halogens is 1. The van der Waals surface area contributed by atoms with E-state index in [1.165, 1.54) is 28.6 Å². The number of sulfonamides is 2. The van der Waals surface area contributed by atoms with Gasteiger partial charge in [0, 0.05) is 46.8 Å². The molecule has 1 fully saturated rings. The van der Waals surface area contributed by atoms with Crippen LogP contribution >= 0.6 is 11.6 Å². The van der Waals surface area contributed by atoms with Gasteiger partial charge in [0.1, 0.15) is 5.75 Å². The molecule has 3 aromatic carbocycles. The summed E-state index contributed by atoms with van der Waals surface area (Å²) < 4.78 is 64.3. The number of fused-ring (bicyclic) bond motifs is 1. The average molecular weight is 700 g/mol. The van der Waals surface area contributed by atoms with Crippen molar-refractivity contribution in [3.05, 3.63) is 87.6 Å². The van der Waals surface area contributed by atoms with Crippen molar-refractivity contribution in [2.24, 2.45) is 5.92 Å². The highest BCUT2D eigenvalue weighted by molar-refractivity contribution is 7.90. The van der Waals surface area contributed by atoms with Crippen LogP contribution in [0.2, 0.25) is 5.02 Å². The molecule has 0 spiro atoms. The first kappa shape index (κ1) is 34.9. The number of aryl methyl sites for hydroxylation is 4. The van der Waals surface area contributed by atoms with Crippen LogP contribution in [0.5, 0.6) is 5.75 Å². The van der Waals surface area contributed by atoms with Crippen LogP contribution < -0.4 is 9.46 Å². The summed E-state index contributed by atoms with van der Waals surface area (Å²) in [6.45, 7) is 12.1. The molecule has 4 aromatic rings. The smallest absolute Gasteiger partial charge is 0.265 e. The van der Waals surface area contributed by atoms with Crippen molar-refractivity contribution < 1.29 is 26.4 Å². The maximum absolute atomic E-state index is 13.2. The van der Waals surface area contributed by atoms with Crippen molar-refractivity contribution in [3.63, 3.8) is 0 Å². The van der Waals surface area contributed by atoms with Gasteiger partial charge in [0.05, 0.1) is 16.4 Å². The van der Waals surface area contributed by atoms with E-state index in [0.29, 0.717) is 26.2 Å². The predicted octanol–water partition coefficient (Wildman–Crippen LogP) is 6.79. The molecular weight excluding hydrogens is 658 g/mol. The van der Waals surface area contributed by atoms with E-state index >= 15 is 0 Å². The maximum Gasteiger partial charge on any atom is 0.265 e. The van der Waals surface area contributed by atoms with Crippen LogP contribution in [0.3, 0.4) is 0 Å². The summed E-state index contributed by atoms with van der Waals surface area (Å²) in [6.07, 6.45) is 3.26. The summed E-state index contributed by atoms with van der Waals surface area (Å²) in [4.78, 5) is 13.1. The van der Waals surface area contributed by atoms with Crippen molar-refractivity contribution in [1.82, 2.24) is 13.6 Å². The molecule has 47 heavy (non-hydrogen) atoms. The number of benzene rings is 3. The molecule has 1 atom stereocenters. The van der Waals surface area contributed by atoms with Crippen LogP contribution in [-0.2, 0) is 33.0 Å². The first-order valence-electron chi connectivity index (χ1n) is 15.9. The third kappa shape index (κ3) is 7.38. The summed E-state index contributed by atoms with van der Waals surface area (Å²) in [7, 11) is -8.00. The van der Waals surface area contributed by atoms with E-state index in [2.05, 4.69) is 9.29 Å². The normalized spacial score (nSPS) is 16.0. The monoisotopic (exact) mass is 699 g/mol. The first-order valence-corrected chi connectivity index (χ1v) is 19.2. The average Bonchev–Trinajstić information content (AvgIpc) is 3.30. The summed E-state index contributed by atoms with van der Waals surface area (Å²) in [5.41, 5.74) is 5.28. The Morgan fingerprint density at radius 1 is 0.979 bits per heavy atom. The zero-order chi connectivity index (χ0) is 34.1. The van der Waals surface area contributed by atoms with Gasteiger partial charge in [-0.1, -0.05) is 25.4 Å². The molecule has 0 bridgehead atoms. The molecule has 1 unspecified atom stereocenters. The van der Waals surface area contributed by atoms with Gasteiger partial charge in [0.25, 0.3) is 15.9 Å². The molecule has 1 aliphatic rings. The summed E-state index contributed by atoms with van der Waals surface area (Å²) in [5.74, 6) is 0.282. The van der Waals surface area contributed by atoms with Gasteiger partial charge in [-0.05, 0) is 124 Å². The number of nitrogens with one attached hydrogen (secondary N) is 1. The fourth-order valence-electron chi connectivity index (χ4n) is 6.37. The molecular formula is C35H42ClN3O6S2. The lowest BCUT2D eigenvalue weighted by molar-refractivity contribution is 0.0981. The predicted molar refractivity (Wildman–Crippen MR) is 185 cm³/mol. The molecule has 1 saturated heterocycles. The topological polar surface area (TPSA) is 115 Å². The molecule has 5 rings (SSSR count). The van der Waals surface area contributed by atoms with Crippen molar-refractivity contribution in [1.29, 1.82) is 0 Å². The molecule has 1 N–H and O–H groups in total. The third-order valence-corrected chi connectivity index (χ3v) is 12.7. The Kier molecular flexibility index (Phi) is 10.4. The minimum Gasteiger partial charge on any atom is -0.494 e. The van der Waals surface area contributed by atoms with Crippen LogP contribution in [0.1, 0.15) is 65.9 Å². The lowest BCUT2D eigenvalue weighted by atomic mass is 10.0. The Bertz CT molecular complexity index is 2000. The maximum atomic E-state index is 13.2. The van der Waals surface area contributed by atoms with Crippen LogP contribution in [0, 0.1) is 26.7 Å².